The predicted octanol–water partition coefficient (Wildman–Crippen LogP) is 2.35. The van der Waals surface area contributed by atoms with Crippen molar-refractivity contribution in [3.63, 3.8) is 0 Å². The van der Waals surface area contributed by atoms with Gasteiger partial charge >= 0.3 is 0 Å². The molecule has 2 aromatic rings. The van der Waals surface area contributed by atoms with E-state index in [4.69, 9.17) is 11.5 Å². The molecular weight excluding hydrogens is 198 g/mol. The topological polar surface area (TPSA) is 64.9 Å². The largest absolute Gasteiger partial charge is 0.399 e. The summed E-state index contributed by atoms with van der Waals surface area (Å²) in [7, 11) is 0. The van der Waals surface area contributed by atoms with Gasteiger partial charge in [0.05, 0.1) is 5.52 Å². The Bertz CT molecular complexity index is 544. The van der Waals surface area contributed by atoms with Gasteiger partial charge < -0.3 is 11.5 Å². The molecule has 0 radical (unpaired) electrons. The molecule has 0 atom stereocenters. The van der Waals surface area contributed by atoms with Gasteiger partial charge in [0.25, 0.3) is 0 Å². The molecular formula is C13H15N3. The summed E-state index contributed by atoms with van der Waals surface area (Å²) in [6.45, 7) is 0. The maximum Gasteiger partial charge on any atom is 0.0727 e. The third kappa shape index (κ3) is 1.69. The molecule has 4 N–H and O–H groups in total. The maximum atomic E-state index is 6.03. The minimum absolute atomic E-state index is 0.732. The van der Waals surface area contributed by atoms with E-state index in [1.807, 2.05) is 24.3 Å². The third-order valence-corrected chi connectivity index (χ3v) is 3.11. The van der Waals surface area contributed by atoms with Gasteiger partial charge in [-0.05, 0) is 49.4 Å². The van der Waals surface area contributed by atoms with Crippen LogP contribution in [0.4, 0.5) is 11.4 Å². The molecule has 1 aromatic carbocycles. The van der Waals surface area contributed by atoms with Crippen LogP contribution in [0.3, 0.4) is 0 Å². The van der Waals surface area contributed by atoms with Crippen LogP contribution in [0.15, 0.2) is 24.3 Å². The van der Waals surface area contributed by atoms with Crippen molar-refractivity contribution in [2.45, 2.75) is 19.3 Å². The first-order valence-electron chi connectivity index (χ1n) is 5.67. The lowest BCUT2D eigenvalue weighted by molar-refractivity contribution is 0.809. The van der Waals surface area contributed by atoms with E-state index in [1.165, 1.54) is 12.8 Å². The molecule has 1 heterocycles. The molecule has 16 heavy (non-hydrogen) atoms. The molecule has 1 aliphatic rings. The van der Waals surface area contributed by atoms with Crippen molar-refractivity contribution in [3.8, 4) is 0 Å². The highest BCUT2D eigenvalue weighted by Crippen LogP contribution is 2.33. The number of benzene rings is 1. The number of aromatic nitrogens is 1. The number of fused-ring (bicyclic) bond motifs is 1. The number of nitrogens with two attached hydrogens (primary N) is 2. The Kier molecular flexibility index (Phi) is 1.99. The zero-order chi connectivity index (χ0) is 11.1. The van der Waals surface area contributed by atoms with Crippen LogP contribution in [0.1, 0.15) is 18.5 Å². The van der Waals surface area contributed by atoms with Gasteiger partial charge in [0.2, 0.25) is 0 Å². The monoisotopic (exact) mass is 213 g/mol. The Labute approximate surface area is 94.5 Å². The Morgan fingerprint density at radius 1 is 1.19 bits per heavy atom. The summed E-state index contributed by atoms with van der Waals surface area (Å²) in [5, 5.41) is 0.958. The normalized spacial score (nSPS) is 15.5. The summed E-state index contributed by atoms with van der Waals surface area (Å²) in [6.07, 6.45) is 3.73. The van der Waals surface area contributed by atoms with Crippen molar-refractivity contribution >= 4 is 22.3 Å². The summed E-state index contributed by atoms with van der Waals surface area (Å²) < 4.78 is 0. The maximum absolute atomic E-state index is 6.03. The van der Waals surface area contributed by atoms with Crippen LogP contribution in [0.2, 0.25) is 0 Å². The second-order valence-electron chi connectivity index (χ2n) is 4.63. The van der Waals surface area contributed by atoms with Crippen molar-refractivity contribution < 1.29 is 0 Å². The third-order valence-electron chi connectivity index (χ3n) is 3.11. The van der Waals surface area contributed by atoms with Gasteiger partial charge in [0.15, 0.2) is 0 Å². The van der Waals surface area contributed by atoms with Crippen LogP contribution < -0.4 is 11.5 Å². The summed E-state index contributed by atoms with van der Waals surface area (Å²) >= 11 is 0. The molecule has 82 valence electrons. The van der Waals surface area contributed by atoms with E-state index in [9.17, 15) is 0 Å². The SMILES string of the molecule is Nc1ccc2nc(CC3CC3)cc(N)c2c1. The predicted molar refractivity (Wildman–Crippen MR) is 67.0 cm³/mol. The van der Waals surface area contributed by atoms with E-state index >= 15 is 0 Å². The van der Waals surface area contributed by atoms with Crippen LogP contribution in [0.5, 0.6) is 0 Å². The first kappa shape index (κ1) is 9.46. The Morgan fingerprint density at radius 3 is 2.75 bits per heavy atom. The molecule has 3 rings (SSSR count). The summed E-state index contributed by atoms with van der Waals surface area (Å²) in [5.74, 6) is 0.832. The standard InChI is InChI=1S/C13H15N3/c14-9-3-4-13-11(6-9)12(15)7-10(16-13)5-8-1-2-8/h3-4,6-8H,1-2,5,14H2,(H2,15,16). The molecule has 3 heteroatoms. The number of hydrogen-bond acceptors (Lipinski definition) is 3. The summed E-state index contributed by atoms with van der Waals surface area (Å²) in [5.41, 5.74) is 15.3. The molecule has 1 saturated carbocycles. The number of hydrogen-bond donors (Lipinski definition) is 2. The number of pyridine rings is 1. The summed E-state index contributed by atoms with van der Waals surface area (Å²) in [4.78, 5) is 4.62. The molecule has 0 spiro atoms. The van der Waals surface area contributed by atoms with Crippen molar-refractivity contribution in [1.29, 1.82) is 0 Å². The smallest absolute Gasteiger partial charge is 0.0727 e. The van der Waals surface area contributed by atoms with Crippen LogP contribution in [-0.4, -0.2) is 4.98 Å². The van der Waals surface area contributed by atoms with Gasteiger partial charge in [-0.15, -0.1) is 0 Å². The van der Waals surface area contributed by atoms with Crippen molar-refractivity contribution in [1.82, 2.24) is 4.98 Å². The number of anilines is 2. The highest BCUT2D eigenvalue weighted by atomic mass is 14.7. The molecule has 0 amide bonds. The first-order valence-corrected chi connectivity index (χ1v) is 5.67. The zero-order valence-corrected chi connectivity index (χ0v) is 9.11. The fourth-order valence-corrected chi connectivity index (χ4v) is 2.05. The molecule has 3 nitrogen and oxygen atoms in total. The minimum Gasteiger partial charge on any atom is -0.399 e. The van der Waals surface area contributed by atoms with Crippen LogP contribution in [0, 0.1) is 5.92 Å². The Hall–Kier alpha value is -1.77. The molecule has 0 aliphatic heterocycles. The van der Waals surface area contributed by atoms with E-state index in [-0.39, 0.29) is 0 Å². The quantitative estimate of drug-likeness (QED) is 0.752. The van der Waals surface area contributed by atoms with Gasteiger partial charge in [-0.2, -0.15) is 0 Å². The molecule has 1 fully saturated rings. The van der Waals surface area contributed by atoms with Gasteiger partial charge in [0, 0.05) is 22.5 Å². The second-order valence-corrected chi connectivity index (χ2v) is 4.63. The van der Waals surface area contributed by atoms with E-state index in [1.54, 1.807) is 0 Å². The Balaban J connectivity index is 2.09. The molecule has 0 saturated heterocycles. The molecule has 0 bridgehead atoms. The average Bonchev–Trinajstić information content (AvgIpc) is 3.03. The zero-order valence-electron chi connectivity index (χ0n) is 9.11. The van der Waals surface area contributed by atoms with Crippen LogP contribution in [0.25, 0.3) is 10.9 Å². The van der Waals surface area contributed by atoms with E-state index in [0.29, 0.717) is 0 Å². The van der Waals surface area contributed by atoms with E-state index < -0.39 is 0 Å². The lowest BCUT2D eigenvalue weighted by Crippen LogP contribution is -1.97. The highest BCUT2D eigenvalue weighted by Gasteiger charge is 2.22. The van der Waals surface area contributed by atoms with Gasteiger partial charge in [-0.1, -0.05) is 0 Å². The minimum atomic E-state index is 0.732. The lowest BCUT2D eigenvalue weighted by Gasteiger charge is -2.06. The average molecular weight is 213 g/mol. The Morgan fingerprint density at radius 2 is 2.00 bits per heavy atom. The van der Waals surface area contributed by atoms with E-state index in [2.05, 4.69) is 4.98 Å². The van der Waals surface area contributed by atoms with E-state index in [0.717, 1.165) is 40.3 Å². The highest BCUT2D eigenvalue weighted by molar-refractivity contribution is 5.92. The lowest BCUT2D eigenvalue weighted by atomic mass is 10.1. The van der Waals surface area contributed by atoms with Gasteiger partial charge in [0.1, 0.15) is 0 Å². The van der Waals surface area contributed by atoms with Crippen LogP contribution in [-0.2, 0) is 6.42 Å². The van der Waals surface area contributed by atoms with Crippen LogP contribution >= 0.6 is 0 Å². The molecule has 1 aliphatic carbocycles. The van der Waals surface area contributed by atoms with Crippen molar-refractivity contribution in [3.05, 3.63) is 30.0 Å². The number of rotatable bonds is 2. The first-order chi connectivity index (χ1) is 7.72. The second kappa shape index (κ2) is 3.37. The molecule has 0 unspecified atom stereocenters. The number of nitrogen functional groups attached to an aromatic ring is 2. The van der Waals surface area contributed by atoms with Gasteiger partial charge in [-0.3, -0.25) is 4.98 Å². The van der Waals surface area contributed by atoms with Gasteiger partial charge in [-0.25, -0.2) is 0 Å². The van der Waals surface area contributed by atoms with Crippen molar-refractivity contribution in [2.24, 2.45) is 5.92 Å². The van der Waals surface area contributed by atoms with Crippen molar-refractivity contribution in [2.75, 3.05) is 11.5 Å². The summed E-state index contributed by atoms with van der Waals surface area (Å²) in [6, 6.07) is 7.69. The fraction of sp³-hybridized carbons (Fsp3) is 0.308. The molecule has 1 aromatic heterocycles. The number of nitrogens with zero attached hydrogens (tertiary/aromatic N) is 1. The fourth-order valence-electron chi connectivity index (χ4n) is 2.05.